The largest absolute Gasteiger partial charge is 0.504 e. The third-order valence-corrected chi connectivity index (χ3v) is 6.96. The van der Waals surface area contributed by atoms with E-state index in [0.717, 1.165) is 31.3 Å². The van der Waals surface area contributed by atoms with Crippen LogP contribution in [0.25, 0.3) is 6.08 Å². The second-order valence-corrected chi connectivity index (χ2v) is 8.71. The molecule has 0 aromatic heterocycles. The molecule has 4 heteroatoms. The lowest BCUT2D eigenvalue weighted by Crippen LogP contribution is -2.42. The van der Waals surface area contributed by atoms with Gasteiger partial charge in [-0.15, -0.1) is 0 Å². The number of ether oxygens (including phenoxy) is 1. The van der Waals surface area contributed by atoms with Crippen molar-refractivity contribution in [2.45, 2.75) is 59.0 Å². The predicted molar refractivity (Wildman–Crippen MR) is 111 cm³/mol. The van der Waals surface area contributed by atoms with E-state index >= 15 is 0 Å². The van der Waals surface area contributed by atoms with Crippen LogP contribution in [0, 0.1) is 10.8 Å². The van der Waals surface area contributed by atoms with Crippen molar-refractivity contribution >= 4 is 12.0 Å². The van der Waals surface area contributed by atoms with Gasteiger partial charge in [0.1, 0.15) is 6.10 Å². The van der Waals surface area contributed by atoms with Gasteiger partial charge in [0.2, 0.25) is 0 Å². The van der Waals surface area contributed by atoms with Gasteiger partial charge < -0.3 is 14.9 Å². The maximum Gasteiger partial charge on any atom is 0.331 e. The van der Waals surface area contributed by atoms with E-state index < -0.39 is 5.97 Å². The molecular weight excluding hydrogens is 352 g/mol. The van der Waals surface area contributed by atoms with Crippen molar-refractivity contribution < 1.29 is 19.7 Å². The average Bonchev–Trinajstić information content (AvgIpc) is 3.00. The molecule has 150 valence electrons. The Kier molecular flexibility index (Phi) is 5.42. The summed E-state index contributed by atoms with van der Waals surface area (Å²) in [5, 5.41) is 18.9. The number of carbonyl (C=O) groups excluding carboxylic acids is 1. The van der Waals surface area contributed by atoms with Crippen LogP contribution >= 0.6 is 0 Å². The first-order valence-corrected chi connectivity index (χ1v) is 9.90. The predicted octanol–water partition coefficient (Wildman–Crippen LogP) is 5.52. The van der Waals surface area contributed by atoms with Crippen LogP contribution in [0.2, 0.25) is 0 Å². The summed E-state index contributed by atoms with van der Waals surface area (Å²) >= 11 is 0. The molecule has 1 aromatic rings. The summed E-state index contributed by atoms with van der Waals surface area (Å²) in [7, 11) is 0. The minimum absolute atomic E-state index is 0.0253. The topological polar surface area (TPSA) is 66.8 Å². The highest BCUT2D eigenvalue weighted by atomic mass is 16.5. The van der Waals surface area contributed by atoms with E-state index in [2.05, 4.69) is 26.5 Å². The van der Waals surface area contributed by atoms with Crippen molar-refractivity contribution in [3.05, 3.63) is 53.6 Å². The summed E-state index contributed by atoms with van der Waals surface area (Å²) in [6.07, 6.45) is 10.1. The number of hydrogen-bond acceptors (Lipinski definition) is 4. The number of esters is 1. The lowest BCUT2D eigenvalue weighted by atomic mass is 9.57. The van der Waals surface area contributed by atoms with Crippen LogP contribution in [0.1, 0.15) is 58.4 Å². The van der Waals surface area contributed by atoms with E-state index in [1.807, 2.05) is 6.92 Å². The van der Waals surface area contributed by atoms with E-state index in [0.29, 0.717) is 5.56 Å². The van der Waals surface area contributed by atoms with Crippen molar-refractivity contribution in [2.75, 3.05) is 0 Å². The average molecular weight is 383 g/mol. The number of rotatable bonds is 4. The fourth-order valence-corrected chi connectivity index (χ4v) is 4.58. The Morgan fingerprint density at radius 1 is 1.29 bits per heavy atom. The Morgan fingerprint density at radius 2 is 2.04 bits per heavy atom. The Labute approximate surface area is 167 Å². The van der Waals surface area contributed by atoms with Crippen LogP contribution in [-0.2, 0) is 9.53 Å². The molecule has 2 aliphatic rings. The number of allylic oxidation sites excluding steroid dienone is 2. The minimum atomic E-state index is -0.412. The van der Waals surface area contributed by atoms with E-state index in [4.69, 9.17) is 4.74 Å². The van der Waals surface area contributed by atoms with Crippen molar-refractivity contribution in [3.63, 3.8) is 0 Å². The summed E-state index contributed by atoms with van der Waals surface area (Å²) in [6, 6.07) is 4.40. The first-order valence-electron chi connectivity index (χ1n) is 9.90. The molecule has 28 heavy (non-hydrogen) atoms. The molecule has 2 aliphatic carbocycles. The standard InChI is InChI=1S/C24H30O4/c1-16-11-13-23(3,24(4)12-5-6-17(24)2)15-21(16)28-22(27)10-8-18-7-9-19(25)20(26)14-18/h7-11,14,21,25-26H,2,5-6,12-13,15H2,1,3-4H3. The zero-order valence-electron chi connectivity index (χ0n) is 17.0. The number of benzene rings is 1. The molecule has 0 amide bonds. The smallest absolute Gasteiger partial charge is 0.331 e. The van der Waals surface area contributed by atoms with Gasteiger partial charge >= 0.3 is 5.97 Å². The molecule has 2 N–H and O–H groups in total. The first-order chi connectivity index (χ1) is 13.1. The lowest BCUT2D eigenvalue weighted by molar-refractivity contribution is -0.143. The maximum atomic E-state index is 12.4. The van der Waals surface area contributed by atoms with Gasteiger partial charge in [-0.05, 0) is 79.2 Å². The molecular formula is C24H30O4. The monoisotopic (exact) mass is 382 g/mol. The van der Waals surface area contributed by atoms with Gasteiger partial charge in [0.15, 0.2) is 11.5 Å². The van der Waals surface area contributed by atoms with Gasteiger partial charge in [0.25, 0.3) is 0 Å². The number of phenolic OH excluding ortho intramolecular Hbond substituents is 2. The van der Waals surface area contributed by atoms with Crippen LogP contribution in [0.4, 0.5) is 0 Å². The van der Waals surface area contributed by atoms with Crippen LogP contribution < -0.4 is 0 Å². The highest BCUT2D eigenvalue weighted by molar-refractivity contribution is 5.87. The molecule has 1 fully saturated rings. The summed E-state index contributed by atoms with van der Waals surface area (Å²) in [5.74, 6) is -0.823. The van der Waals surface area contributed by atoms with Crippen molar-refractivity contribution in [1.29, 1.82) is 0 Å². The highest BCUT2D eigenvalue weighted by Gasteiger charge is 2.50. The van der Waals surface area contributed by atoms with Crippen molar-refractivity contribution in [2.24, 2.45) is 10.8 Å². The molecule has 3 rings (SSSR count). The molecule has 0 aliphatic heterocycles. The molecule has 4 nitrogen and oxygen atoms in total. The summed E-state index contributed by atoms with van der Waals surface area (Å²) in [5.41, 5.74) is 3.13. The summed E-state index contributed by atoms with van der Waals surface area (Å²) in [4.78, 5) is 12.4. The molecule has 1 saturated carbocycles. The fraction of sp³-hybridized carbons (Fsp3) is 0.458. The van der Waals surface area contributed by atoms with E-state index in [-0.39, 0.29) is 28.4 Å². The lowest BCUT2D eigenvalue weighted by Gasteiger charge is -2.49. The van der Waals surface area contributed by atoms with Crippen LogP contribution in [0.3, 0.4) is 0 Å². The quantitative estimate of drug-likeness (QED) is 0.312. The van der Waals surface area contributed by atoms with Crippen LogP contribution in [0.5, 0.6) is 11.5 Å². The minimum Gasteiger partial charge on any atom is -0.504 e. The molecule has 3 unspecified atom stereocenters. The Balaban J connectivity index is 1.70. The SMILES string of the molecule is C=C1CCCC1(C)C1(C)CC=C(C)C(OC(=O)C=Cc2ccc(O)c(O)c2)C1. The molecule has 0 bridgehead atoms. The van der Waals surface area contributed by atoms with E-state index in [1.54, 1.807) is 12.1 Å². The van der Waals surface area contributed by atoms with E-state index in [9.17, 15) is 15.0 Å². The third-order valence-electron chi connectivity index (χ3n) is 6.96. The summed E-state index contributed by atoms with van der Waals surface area (Å²) < 4.78 is 5.78. The second kappa shape index (κ2) is 7.50. The van der Waals surface area contributed by atoms with E-state index in [1.165, 1.54) is 30.2 Å². The summed E-state index contributed by atoms with van der Waals surface area (Å²) in [6.45, 7) is 11.0. The maximum absolute atomic E-state index is 12.4. The van der Waals surface area contributed by atoms with Gasteiger partial charge in [-0.25, -0.2) is 4.79 Å². The van der Waals surface area contributed by atoms with Crippen LogP contribution in [0.15, 0.2) is 48.1 Å². The Morgan fingerprint density at radius 3 is 2.68 bits per heavy atom. The molecule has 1 aromatic carbocycles. The van der Waals surface area contributed by atoms with Gasteiger partial charge in [0, 0.05) is 6.08 Å². The first kappa shape index (κ1) is 20.2. The van der Waals surface area contributed by atoms with Crippen molar-refractivity contribution in [3.8, 4) is 11.5 Å². The fourth-order valence-electron chi connectivity index (χ4n) is 4.58. The number of aromatic hydroxyl groups is 2. The highest BCUT2D eigenvalue weighted by Crippen LogP contribution is 2.59. The third kappa shape index (κ3) is 3.73. The van der Waals surface area contributed by atoms with Gasteiger partial charge in [0.05, 0.1) is 0 Å². The molecule has 3 atom stereocenters. The Hall–Kier alpha value is -2.49. The number of hydrogen-bond donors (Lipinski definition) is 2. The molecule has 0 radical (unpaired) electrons. The normalized spacial score (nSPS) is 30.5. The van der Waals surface area contributed by atoms with Gasteiger partial charge in [-0.3, -0.25) is 0 Å². The second-order valence-electron chi connectivity index (χ2n) is 8.71. The van der Waals surface area contributed by atoms with Crippen LogP contribution in [-0.4, -0.2) is 22.3 Å². The number of phenols is 2. The molecule has 0 spiro atoms. The van der Waals surface area contributed by atoms with Gasteiger partial charge in [-0.1, -0.05) is 38.1 Å². The zero-order chi connectivity index (χ0) is 20.5. The zero-order valence-corrected chi connectivity index (χ0v) is 17.0. The van der Waals surface area contributed by atoms with Gasteiger partial charge in [-0.2, -0.15) is 0 Å². The van der Waals surface area contributed by atoms with Crippen molar-refractivity contribution in [1.82, 2.24) is 0 Å². The molecule has 0 heterocycles. The number of carbonyl (C=O) groups is 1. The molecule has 0 saturated heterocycles. The Bertz CT molecular complexity index is 850.